The Hall–Kier alpha value is -1.09. The molecule has 0 atom stereocenters. The van der Waals surface area contributed by atoms with Crippen molar-refractivity contribution in [2.45, 2.75) is 19.3 Å². The van der Waals surface area contributed by atoms with Crippen LogP contribution in [0, 0.1) is 5.92 Å². The van der Waals surface area contributed by atoms with Crippen molar-refractivity contribution in [1.82, 2.24) is 10.3 Å². The van der Waals surface area contributed by atoms with E-state index in [0.717, 1.165) is 6.54 Å². The molecule has 2 rings (SSSR count). The van der Waals surface area contributed by atoms with Crippen LogP contribution in [0.15, 0.2) is 18.3 Å². The minimum Gasteiger partial charge on any atom is -0.350 e. The number of carbonyl (C=O) groups excluding carboxylic acids is 1. The first-order valence-electron chi connectivity index (χ1n) is 5.15. The first-order valence-corrected chi connectivity index (χ1v) is 5.53. The van der Waals surface area contributed by atoms with E-state index in [1.807, 2.05) is 0 Å². The Morgan fingerprint density at radius 2 is 2.40 bits per heavy atom. The van der Waals surface area contributed by atoms with Gasteiger partial charge < -0.3 is 5.32 Å². The summed E-state index contributed by atoms with van der Waals surface area (Å²) in [7, 11) is 0. The molecule has 15 heavy (non-hydrogen) atoms. The van der Waals surface area contributed by atoms with Crippen molar-refractivity contribution in [3.8, 4) is 0 Å². The molecule has 0 spiro atoms. The van der Waals surface area contributed by atoms with E-state index in [-0.39, 0.29) is 5.91 Å². The van der Waals surface area contributed by atoms with Crippen molar-refractivity contribution < 1.29 is 4.79 Å². The molecule has 0 bridgehead atoms. The molecule has 1 heterocycles. The highest BCUT2D eigenvalue weighted by molar-refractivity contribution is 6.30. The third-order valence-electron chi connectivity index (χ3n) is 2.73. The van der Waals surface area contributed by atoms with Crippen molar-refractivity contribution in [2.75, 3.05) is 6.54 Å². The van der Waals surface area contributed by atoms with Crippen LogP contribution in [0.25, 0.3) is 0 Å². The number of rotatable bonds is 3. The summed E-state index contributed by atoms with van der Waals surface area (Å²) in [5, 5.41) is 3.41. The van der Waals surface area contributed by atoms with Crippen molar-refractivity contribution in [1.29, 1.82) is 0 Å². The molecule has 1 saturated carbocycles. The molecule has 0 radical (unpaired) electrons. The minimum absolute atomic E-state index is 0.135. The zero-order valence-electron chi connectivity index (χ0n) is 8.37. The van der Waals surface area contributed by atoms with Crippen molar-refractivity contribution >= 4 is 17.5 Å². The van der Waals surface area contributed by atoms with Gasteiger partial charge in [-0.3, -0.25) is 9.78 Å². The Morgan fingerprint density at radius 3 is 3.00 bits per heavy atom. The predicted octanol–water partition coefficient (Wildman–Crippen LogP) is 2.26. The largest absolute Gasteiger partial charge is 0.350 e. The lowest BCUT2D eigenvalue weighted by Gasteiger charge is -2.25. The topological polar surface area (TPSA) is 42.0 Å². The third kappa shape index (κ3) is 2.69. The van der Waals surface area contributed by atoms with Crippen LogP contribution in [-0.4, -0.2) is 17.4 Å². The van der Waals surface area contributed by atoms with Gasteiger partial charge in [0.1, 0.15) is 5.69 Å². The first-order chi connectivity index (χ1) is 7.25. The van der Waals surface area contributed by atoms with Gasteiger partial charge >= 0.3 is 0 Å². The number of amides is 1. The molecular weight excluding hydrogens is 212 g/mol. The van der Waals surface area contributed by atoms with Gasteiger partial charge in [-0.15, -0.1) is 0 Å². The Labute approximate surface area is 93.8 Å². The van der Waals surface area contributed by atoms with Crippen LogP contribution in [0.1, 0.15) is 29.8 Å². The second kappa shape index (κ2) is 4.62. The quantitative estimate of drug-likeness (QED) is 0.856. The van der Waals surface area contributed by atoms with E-state index in [2.05, 4.69) is 10.3 Å². The van der Waals surface area contributed by atoms with E-state index in [9.17, 15) is 4.79 Å². The molecule has 1 aliphatic rings. The molecule has 0 aliphatic heterocycles. The van der Waals surface area contributed by atoms with Gasteiger partial charge in [-0.1, -0.05) is 18.0 Å². The lowest BCUT2D eigenvalue weighted by molar-refractivity contribution is 0.0934. The number of pyridine rings is 1. The maximum atomic E-state index is 11.6. The number of hydrogen-bond donors (Lipinski definition) is 1. The number of nitrogens with one attached hydrogen (secondary N) is 1. The van der Waals surface area contributed by atoms with Gasteiger partial charge in [-0.25, -0.2) is 0 Å². The van der Waals surface area contributed by atoms with Crippen LogP contribution in [0.3, 0.4) is 0 Å². The number of carbonyl (C=O) groups is 1. The van der Waals surface area contributed by atoms with Gasteiger partial charge in [0.25, 0.3) is 5.91 Å². The van der Waals surface area contributed by atoms with Crippen LogP contribution in [0.4, 0.5) is 0 Å². The molecule has 1 aromatic rings. The summed E-state index contributed by atoms with van der Waals surface area (Å²) in [6.45, 7) is 0.757. The van der Waals surface area contributed by atoms with E-state index in [4.69, 9.17) is 11.6 Å². The maximum absolute atomic E-state index is 11.6. The van der Waals surface area contributed by atoms with Gasteiger partial charge in [-0.05, 0) is 30.9 Å². The molecule has 3 nitrogen and oxygen atoms in total. The SMILES string of the molecule is O=C(NCC1CCC1)c1cc(Cl)ccn1. The number of nitrogens with zero attached hydrogens (tertiary/aromatic N) is 1. The Bertz CT molecular complexity index is 363. The average Bonchev–Trinajstić information content (AvgIpc) is 2.15. The highest BCUT2D eigenvalue weighted by atomic mass is 35.5. The summed E-state index contributed by atoms with van der Waals surface area (Å²) in [6, 6.07) is 3.24. The molecule has 0 aromatic carbocycles. The van der Waals surface area contributed by atoms with Gasteiger partial charge in [0, 0.05) is 17.8 Å². The summed E-state index contributed by atoms with van der Waals surface area (Å²) >= 11 is 5.77. The summed E-state index contributed by atoms with van der Waals surface area (Å²) in [5.74, 6) is 0.525. The van der Waals surface area contributed by atoms with Gasteiger partial charge in [0.2, 0.25) is 0 Å². The van der Waals surface area contributed by atoms with E-state index >= 15 is 0 Å². The van der Waals surface area contributed by atoms with Crippen molar-refractivity contribution in [3.05, 3.63) is 29.0 Å². The van der Waals surface area contributed by atoms with Crippen LogP contribution in [0.2, 0.25) is 5.02 Å². The Morgan fingerprint density at radius 1 is 1.60 bits per heavy atom. The molecule has 1 aliphatic carbocycles. The molecule has 0 unspecified atom stereocenters. The van der Waals surface area contributed by atoms with E-state index < -0.39 is 0 Å². The molecular formula is C11H13ClN2O. The van der Waals surface area contributed by atoms with Gasteiger partial charge in [-0.2, -0.15) is 0 Å². The fourth-order valence-electron chi connectivity index (χ4n) is 1.55. The van der Waals surface area contributed by atoms with E-state index in [1.54, 1.807) is 18.3 Å². The molecule has 80 valence electrons. The second-order valence-electron chi connectivity index (χ2n) is 3.87. The Balaban J connectivity index is 1.89. The normalized spacial score (nSPS) is 15.8. The van der Waals surface area contributed by atoms with Crippen LogP contribution in [0.5, 0.6) is 0 Å². The second-order valence-corrected chi connectivity index (χ2v) is 4.30. The van der Waals surface area contributed by atoms with Crippen molar-refractivity contribution in [3.63, 3.8) is 0 Å². The fraction of sp³-hybridized carbons (Fsp3) is 0.455. The third-order valence-corrected chi connectivity index (χ3v) is 2.97. The number of hydrogen-bond acceptors (Lipinski definition) is 2. The summed E-state index contributed by atoms with van der Waals surface area (Å²) < 4.78 is 0. The monoisotopic (exact) mass is 224 g/mol. The summed E-state index contributed by atoms with van der Waals surface area (Å²) in [4.78, 5) is 15.6. The minimum atomic E-state index is -0.135. The zero-order chi connectivity index (χ0) is 10.7. The van der Waals surface area contributed by atoms with E-state index in [1.165, 1.54) is 19.3 Å². The highest BCUT2D eigenvalue weighted by Crippen LogP contribution is 2.25. The molecule has 4 heteroatoms. The number of aromatic nitrogens is 1. The maximum Gasteiger partial charge on any atom is 0.269 e. The number of halogens is 1. The molecule has 1 amide bonds. The summed E-state index contributed by atoms with van der Waals surface area (Å²) in [5.41, 5.74) is 0.391. The Kier molecular flexibility index (Phi) is 3.21. The standard InChI is InChI=1S/C11H13ClN2O/c12-9-4-5-13-10(6-9)11(15)14-7-8-2-1-3-8/h4-6,8H,1-3,7H2,(H,14,15). The highest BCUT2D eigenvalue weighted by Gasteiger charge is 2.18. The fourth-order valence-corrected chi connectivity index (χ4v) is 1.71. The summed E-state index contributed by atoms with van der Waals surface area (Å²) in [6.07, 6.45) is 5.28. The molecule has 1 N–H and O–H groups in total. The predicted molar refractivity (Wildman–Crippen MR) is 58.9 cm³/mol. The van der Waals surface area contributed by atoms with Crippen LogP contribution >= 0.6 is 11.6 Å². The van der Waals surface area contributed by atoms with Gasteiger partial charge in [0.15, 0.2) is 0 Å². The van der Waals surface area contributed by atoms with Crippen molar-refractivity contribution in [2.24, 2.45) is 5.92 Å². The first kappa shape index (κ1) is 10.4. The van der Waals surface area contributed by atoms with Gasteiger partial charge in [0.05, 0.1) is 0 Å². The molecule has 1 aromatic heterocycles. The van der Waals surface area contributed by atoms with Crippen LogP contribution < -0.4 is 5.32 Å². The lowest BCUT2D eigenvalue weighted by Crippen LogP contribution is -2.32. The van der Waals surface area contributed by atoms with E-state index in [0.29, 0.717) is 16.6 Å². The zero-order valence-corrected chi connectivity index (χ0v) is 9.13. The average molecular weight is 225 g/mol. The molecule has 1 fully saturated rings. The van der Waals surface area contributed by atoms with Crippen LogP contribution in [-0.2, 0) is 0 Å². The lowest BCUT2D eigenvalue weighted by atomic mass is 9.85. The molecule has 0 saturated heterocycles. The smallest absolute Gasteiger partial charge is 0.269 e.